The van der Waals surface area contributed by atoms with E-state index in [2.05, 4.69) is 50.0 Å². The quantitative estimate of drug-likeness (QED) is 0.861. The lowest BCUT2D eigenvalue weighted by atomic mass is 9.83. The molecule has 3 heteroatoms. The number of likely N-dealkylation sites (tertiary alicyclic amines) is 1. The van der Waals surface area contributed by atoms with Gasteiger partial charge in [-0.15, -0.1) is 0 Å². The summed E-state index contributed by atoms with van der Waals surface area (Å²) >= 11 is 0. The van der Waals surface area contributed by atoms with E-state index >= 15 is 0 Å². The van der Waals surface area contributed by atoms with Crippen molar-refractivity contribution < 1.29 is 4.42 Å². The minimum atomic E-state index is 0.519. The van der Waals surface area contributed by atoms with E-state index in [1.807, 2.05) is 0 Å². The molecule has 1 fully saturated rings. The topological polar surface area (TPSA) is 28.4 Å². The van der Waals surface area contributed by atoms with Gasteiger partial charge >= 0.3 is 0 Å². The Balaban J connectivity index is 1.75. The summed E-state index contributed by atoms with van der Waals surface area (Å²) in [7, 11) is 0. The maximum Gasteiger partial charge on any atom is 0.118 e. The molecule has 2 heterocycles. The van der Waals surface area contributed by atoms with Crippen LogP contribution < -0.4 is 5.32 Å². The standard InChI is InChI=1S/C17H30N2O/c1-14(2)11-18-12-15-5-6-16(20-15)13-19-9-7-17(3,4)8-10-19/h5-6,14,18H,7-13H2,1-4H3. The summed E-state index contributed by atoms with van der Waals surface area (Å²) in [4.78, 5) is 2.51. The molecule has 1 aliphatic rings. The molecule has 2 rings (SSSR count). The van der Waals surface area contributed by atoms with Gasteiger partial charge in [-0.1, -0.05) is 27.7 Å². The van der Waals surface area contributed by atoms with E-state index in [0.717, 1.165) is 31.2 Å². The Hall–Kier alpha value is -0.800. The van der Waals surface area contributed by atoms with Crippen molar-refractivity contribution >= 4 is 0 Å². The Morgan fingerprint density at radius 2 is 1.85 bits per heavy atom. The maximum absolute atomic E-state index is 5.92. The molecule has 3 nitrogen and oxygen atoms in total. The average Bonchev–Trinajstić information content (AvgIpc) is 2.79. The molecule has 0 saturated carbocycles. The second kappa shape index (κ2) is 6.77. The highest BCUT2D eigenvalue weighted by molar-refractivity contribution is 5.07. The molecule has 0 amide bonds. The van der Waals surface area contributed by atoms with Gasteiger partial charge in [-0.2, -0.15) is 0 Å². The monoisotopic (exact) mass is 278 g/mol. The van der Waals surface area contributed by atoms with Crippen molar-refractivity contribution in [2.45, 2.75) is 53.6 Å². The Morgan fingerprint density at radius 3 is 2.50 bits per heavy atom. The molecule has 0 unspecified atom stereocenters. The van der Waals surface area contributed by atoms with Crippen LogP contribution in [0.3, 0.4) is 0 Å². The fraction of sp³-hybridized carbons (Fsp3) is 0.765. The summed E-state index contributed by atoms with van der Waals surface area (Å²) in [6.45, 7) is 14.4. The van der Waals surface area contributed by atoms with Crippen molar-refractivity contribution in [3.63, 3.8) is 0 Å². The molecule has 20 heavy (non-hydrogen) atoms. The average molecular weight is 278 g/mol. The highest BCUT2D eigenvalue weighted by Crippen LogP contribution is 2.30. The summed E-state index contributed by atoms with van der Waals surface area (Å²) in [6, 6.07) is 4.24. The molecule has 0 atom stereocenters. The first-order chi connectivity index (χ1) is 9.44. The Morgan fingerprint density at radius 1 is 1.20 bits per heavy atom. The predicted molar refractivity (Wildman–Crippen MR) is 83.5 cm³/mol. The minimum Gasteiger partial charge on any atom is -0.463 e. The number of rotatable bonds is 6. The first-order valence-corrected chi connectivity index (χ1v) is 7.95. The largest absolute Gasteiger partial charge is 0.463 e. The van der Waals surface area contributed by atoms with Gasteiger partial charge in [-0.25, -0.2) is 0 Å². The van der Waals surface area contributed by atoms with Crippen molar-refractivity contribution in [2.75, 3.05) is 19.6 Å². The van der Waals surface area contributed by atoms with Crippen LogP contribution in [0.5, 0.6) is 0 Å². The molecule has 1 aliphatic heterocycles. The third-order valence-corrected chi connectivity index (χ3v) is 4.16. The van der Waals surface area contributed by atoms with Crippen LogP contribution in [0.25, 0.3) is 0 Å². The van der Waals surface area contributed by atoms with Crippen molar-refractivity contribution in [1.29, 1.82) is 0 Å². The van der Waals surface area contributed by atoms with Crippen LogP contribution in [0.2, 0.25) is 0 Å². The van der Waals surface area contributed by atoms with Crippen LogP contribution in [-0.2, 0) is 13.1 Å². The highest BCUT2D eigenvalue weighted by Gasteiger charge is 2.25. The third kappa shape index (κ3) is 4.95. The lowest BCUT2D eigenvalue weighted by molar-refractivity contribution is 0.119. The number of piperidine rings is 1. The molecule has 0 aliphatic carbocycles. The van der Waals surface area contributed by atoms with Gasteiger partial charge < -0.3 is 9.73 Å². The fourth-order valence-corrected chi connectivity index (χ4v) is 2.62. The van der Waals surface area contributed by atoms with Crippen molar-refractivity contribution in [2.24, 2.45) is 11.3 Å². The number of hydrogen-bond donors (Lipinski definition) is 1. The van der Waals surface area contributed by atoms with E-state index in [4.69, 9.17) is 4.42 Å². The Labute approximate surface area is 123 Å². The number of furan rings is 1. The zero-order chi connectivity index (χ0) is 14.6. The predicted octanol–water partition coefficient (Wildman–Crippen LogP) is 3.65. The molecular weight excluding hydrogens is 248 g/mol. The molecule has 0 radical (unpaired) electrons. The van der Waals surface area contributed by atoms with Crippen LogP contribution in [0, 0.1) is 11.3 Å². The first kappa shape index (κ1) is 15.6. The van der Waals surface area contributed by atoms with Crippen LogP contribution in [0.1, 0.15) is 52.1 Å². The van der Waals surface area contributed by atoms with E-state index < -0.39 is 0 Å². The molecule has 1 aromatic heterocycles. The molecular formula is C17H30N2O. The van der Waals surface area contributed by atoms with E-state index in [1.54, 1.807) is 0 Å². The van der Waals surface area contributed by atoms with Gasteiger partial charge in [0.15, 0.2) is 0 Å². The Kier molecular flexibility index (Phi) is 5.28. The third-order valence-electron chi connectivity index (χ3n) is 4.16. The number of nitrogens with zero attached hydrogens (tertiary/aromatic N) is 1. The van der Waals surface area contributed by atoms with E-state index in [9.17, 15) is 0 Å². The summed E-state index contributed by atoms with van der Waals surface area (Å²) in [5, 5.41) is 3.42. The van der Waals surface area contributed by atoms with Gasteiger partial charge in [-0.05, 0) is 55.9 Å². The molecule has 1 saturated heterocycles. The second-order valence-corrected chi connectivity index (χ2v) is 7.33. The van der Waals surface area contributed by atoms with Crippen molar-refractivity contribution in [1.82, 2.24) is 10.2 Å². The smallest absolute Gasteiger partial charge is 0.118 e. The molecule has 0 aromatic carbocycles. The zero-order valence-corrected chi connectivity index (χ0v) is 13.5. The van der Waals surface area contributed by atoms with E-state index in [0.29, 0.717) is 11.3 Å². The minimum absolute atomic E-state index is 0.519. The van der Waals surface area contributed by atoms with Crippen molar-refractivity contribution in [3.8, 4) is 0 Å². The molecule has 1 aromatic rings. The summed E-state index contributed by atoms with van der Waals surface area (Å²) in [5.74, 6) is 2.84. The highest BCUT2D eigenvalue weighted by atomic mass is 16.3. The van der Waals surface area contributed by atoms with Gasteiger partial charge in [-0.3, -0.25) is 4.90 Å². The van der Waals surface area contributed by atoms with Crippen molar-refractivity contribution in [3.05, 3.63) is 23.7 Å². The number of hydrogen-bond acceptors (Lipinski definition) is 3. The molecule has 114 valence electrons. The van der Waals surface area contributed by atoms with E-state index in [1.165, 1.54) is 25.9 Å². The van der Waals surface area contributed by atoms with Crippen LogP contribution in [0.15, 0.2) is 16.5 Å². The normalized spacial score (nSPS) is 19.6. The number of nitrogens with one attached hydrogen (secondary N) is 1. The molecule has 0 bridgehead atoms. The Bertz CT molecular complexity index is 399. The van der Waals surface area contributed by atoms with Gasteiger partial charge in [0, 0.05) is 0 Å². The van der Waals surface area contributed by atoms with Gasteiger partial charge in [0.2, 0.25) is 0 Å². The van der Waals surface area contributed by atoms with Gasteiger partial charge in [0.1, 0.15) is 11.5 Å². The summed E-state index contributed by atoms with van der Waals surface area (Å²) in [5.41, 5.74) is 0.519. The first-order valence-electron chi connectivity index (χ1n) is 7.95. The zero-order valence-electron chi connectivity index (χ0n) is 13.5. The van der Waals surface area contributed by atoms with E-state index in [-0.39, 0.29) is 0 Å². The lowest BCUT2D eigenvalue weighted by Crippen LogP contribution is -2.36. The fourth-order valence-electron chi connectivity index (χ4n) is 2.62. The van der Waals surface area contributed by atoms with Gasteiger partial charge in [0.25, 0.3) is 0 Å². The SMILES string of the molecule is CC(C)CNCc1ccc(CN2CCC(C)(C)CC2)o1. The van der Waals surface area contributed by atoms with Gasteiger partial charge in [0.05, 0.1) is 13.1 Å². The van der Waals surface area contributed by atoms with Crippen LogP contribution >= 0.6 is 0 Å². The molecule has 0 spiro atoms. The van der Waals surface area contributed by atoms with Crippen LogP contribution in [-0.4, -0.2) is 24.5 Å². The summed E-state index contributed by atoms with van der Waals surface area (Å²) < 4.78 is 5.92. The summed E-state index contributed by atoms with van der Waals surface area (Å²) in [6.07, 6.45) is 2.58. The maximum atomic E-state index is 5.92. The second-order valence-electron chi connectivity index (χ2n) is 7.33. The van der Waals surface area contributed by atoms with Crippen LogP contribution in [0.4, 0.5) is 0 Å². The lowest BCUT2D eigenvalue weighted by Gasteiger charge is -2.36. The molecule has 1 N–H and O–H groups in total.